The summed E-state index contributed by atoms with van der Waals surface area (Å²) in [4.78, 5) is 5.70. The van der Waals surface area contributed by atoms with Crippen LogP contribution in [0.1, 0.15) is 134 Å². The first-order valence-electron chi connectivity index (χ1n) is 12.7. The lowest BCUT2D eigenvalue weighted by Gasteiger charge is -2.57. The van der Waals surface area contributed by atoms with Gasteiger partial charge in [-0.3, -0.25) is 9.80 Å². The van der Waals surface area contributed by atoms with Crippen LogP contribution in [0.5, 0.6) is 0 Å². The average molecular weight is 397 g/mol. The Bertz CT molecular complexity index is 353. The molecule has 0 bridgehead atoms. The topological polar surface area (TPSA) is 6.48 Å². The third-order valence-corrected chi connectivity index (χ3v) is 6.86. The van der Waals surface area contributed by atoms with Crippen molar-refractivity contribution in [1.82, 2.24) is 9.80 Å². The quantitative estimate of drug-likeness (QED) is 0.245. The lowest BCUT2D eigenvalue weighted by molar-refractivity contribution is -0.0701. The van der Waals surface area contributed by atoms with Gasteiger partial charge in [-0.2, -0.15) is 0 Å². The van der Waals surface area contributed by atoms with Crippen LogP contribution in [-0.2, 0) is 0 Å². The molecule has 0 rings (SSSR count). The molecule has 0 N–H and O–H groups in total. The minimum atomic E-state index is 0.250. The second-order valence-electron chi connectivity index (χ2n) is 10.1. The number of unbranched alkanes of at least 4 members (excludes halogenated alkanes) is 5. The summed E-state index contributed by atoms with van der Waals surface area (Å²) in [6.45, 7) is 26.4. The zero-order chi connectivity index (χ0) is 21.9. The Morgan fingerprint density at radius 2 is 1.00 bits per heavy atom. The Morgan fingerprint density at radius 1 is 0.571 bits per heavy atom. The van der Waals surface area contributed by atoms with Gasteiger partial charge in [0.2, 0.25) is 0 Å². The summed E-state index contributed by atoms with van der Waals surface area (Å²) in [6.07, 6.45) is 12.1. The zero-order valence-electron chi connectivity index (χ0n) is 21.6. The molecule has 0 aromatic heterocycles. The van der Waals surface area contributed by atoms with Crippen LogP contribution in [0.25, 0.3) is 0 Å². The van der Waals surface area contributed by atoms with E-state index in [1.165, 1.54) is 57.8 Å². The molecule has 0 fully saturated rings. The normalized spacial score (nSPS) is 14.5. The number of hydrogen-bond donors (Lipinski definition) is 0. The van der Waals surface area contributed by atoms with Crippen molar-refractivity contribution in [2.75, 3.05) is 0 Å². The largest absolute Gasteiger partial charge is 0.294 e. The van der Waals surface area contributed by atoms with Crippen molar-refractivity contribution in [2.45, 2.75) is 170 Å². The molecule has 0 radical (unpaired) electrons. The molecular weight excluding hydrogens is 340 g/mol. The molecular formula is C26H56N2. The average Bonchev–Trinajstić information content (AvgIpc) is 2.60. The molecule has 28 heavy (non-hydrogen) atoms. The standard InChI is InChI=1S/C26H56N2/c1-12-15-16-17-18-19-20-25(27(21(4)5)22(6)7)26(13-2,14-3)28(23(8)9)24(10)11/h21-25H,12-20H2,1-11H3. The first-order chi connectivity index (χ1) is 13.1. The lowest BCUT2D eigenvalue weighted by Crippen LogP contribution is -2.67. The van der Waals surface area contributed by atoms with E-state index in [4.69, 9.17) is 0 Å². The number of rotatable bonds is 16. The van der Waals surface area contributed by atoms with Gasteiger partial charge in [0, 0.05) is 35.7 Å². The van der Waals surface area contributed by atoms with Crippen LogP contribution in [0.3, 0.4) is 0 Å². The molecule has 2 nitrogen and oxygen atoms in total. The third kappa shape index (κ3) is 7.63. The summed E-state index contributed by atoms with van der Waals surface area (Å²) in [5.74, 6) is 0. The third-order valence-electron chi connectivity index (χ3n) is 6.86. The van der Waals surface area contributed by atoms with Gasteiger partial charge < -0.3 is 0 Å². The molecule has 0 saturated carbocycles. The molecule has 0 aromatic rings. The van der Waals surface area contributed by atoms with Crippen LogP contribution in [-0.4, -0.2) is 45.5 Å². The molecule has 0 spiro atoms. The van der Waals surface area contributed by atoms with Gasteiger partial charge in [-0.05, 0) is 74.7 Å². The maximum absolute atomic E-state index is 2.85. The number of hydrogen-bond acceptors (Lipinski definition) is 2. The SMILES string of the molecule is CCCCCCCCC(N(C(C)C)C(C)C)C(CC)(CC)N(C(C)C)C(C)C. The molecule has 1 atom stereocenters. The highest BCUT2D eigenvalue weighted by atomic mass is 15.3. The first kappa shape index (κ1) is 27.9. The van der Waals surface area contributed by atoms with E-state index in [0.29, 0.717) is 30.2 Å². The summed E-state index contributed by atoms with van der Waals surface area (Å²) >= 11 is 0. The maximum Gasteiger partial charge on any atom is 0.0365 e. The Balaban J connectivity index is 5.84. The van der Waals surface area contributed by atoms with Gasteiger partial charge in [-0.1, -0.05) is 59.3 Å². The summed E-state index contributed by atoms with van der Waals surface area (Å²) in [7, 11) is 0. The maximum atomic E-state index is 2.85. The molecule has 1 unspecified atom stereocenters. The summed E-state index contributed by atoms with van der Waals surface area (Å²) in [5, 5.41) is 0. The Hall–Kier alpha value is -0.0800. The van der Waals surface area contributed by atoms with E-state index in [1.807, 2.05) is 0 Å². The fourth-order valence-corrected chi connectivity index (χ4v) is 6.01. The molecule has 0 amide bonds. The van der Waals surface area contributed by atoms with Gasteiger partial charge in [-0.15, -0.1) is 0 Å². The highest BCUT2D eigenvalue weighted by Gasteiger charge is 2.46. The van der Waals surface area contributed by atoms with Gasteiger partial charge >= 0.3 is 0 Å². The second-order valence-corrected chi connectivity index (χ2v) is 10.1. The van der Waals surface area contributed by atoms with Gasteiger partial charge in [0.15, 0.2) is 0 Å². The molecule has 0 saturated heterocycles. The predicted octanol–water partition coefficient (Wildman–Crippen LogP) is 7.90. The van der Waals surface area contributed by atoms with E-state index >= 15 is 0 Å². The Morgan fingerprint density at radius 3 is 1.36 bits per heavy atom. The Kier molecular flexibility index (Phi) is 14.0. The molecule has 0 aliphatic rings. The van der Waals surface area contributed by atoms with Crippen LogP contribution in [0.4, 0.5) is 0 Å². The van der Waals surface area contributed by atoms with Gasteiger partial charge in [0.05, 0.1) is 0 Å². The minimum absolute atomic E-state index is 0.250. The molecule has 0 heterocycles. The van der Waals surface area contributed by atoms with E-state index in [1.54, 1.807) is 0 Å². The summed E-state index contributed by atoms with van der Waals surface area (Å²) in [5.41, 5.74) is 0.250. The highest BCUT2D eigenvalue weighted by molar-refractivity contribution is 5.03. The lowest BCUT2D eigenvalue weighted by atomic mass is 9.76. The van der Waals surface area contributed by atoms with E-state index < -0.39 is 0 Å². The van der Waals surface area contributed by atoms with Crippen molar-refractivity contribution in [3.8, 4) is 0 Å². The van der Waals surface area contributed by atoms with Crippen LogP contribution in [0.2, 0.25) is 0 Å². The van der Waals surface area contributed by atoms with Crippen molar-refractivity contribution >= 4 is 0 Å². The fraction of sp³-hybridized carbons (Fsp3) is 1.00. The van der Waals surface area contributed by atoms with Gasteiger partial charge in [0.1, 0.15) is 0 Å². The fourth-order valence-electron chi connectivity index (χ4n) is 6.01. The van der Waals surface area contributed by atoms with E-state index in [2.05, 4.69) is 86.0 Å². The molecule has 2 heteroatoms. The van der Waals surface area contributed by atoms with E-state index in [0.717, 1.165) is 0 Å². The van der Waals surface area contributed by atoms with Gasteiger partial charge in [0.25, 0.3) is 0 Å². The highest BCUT2D eigenvalue weighted by Crippen LogP contribution is 2.38. The molecule has 0 aromatic carbocycles. The summed E-state index contributed by atoms with van der Waals surface area (Å²) < 4.78 is 0. The molecule has 0 aliphatic carbocycles. The molecule has 170 valence electrons. The van der Waals surface area contributed by atoms with Crippen molar-refractivity contribution in [3.63, 3.8) is 0 Å². The monoisotopic (exact) mass is 396 g/mol. The minimum Gasteiger partial charge on any atom is -0.294 e. The van der Waals surface area contributed by atoms with Crippen LogP contribution in [0, 0.1) is 0 Å². The van der Waals surface area contributed by atoms with Gasteiger partial charge in [-0.25, -0.2) is 0 Å². The van der Waals surface area contributed by atoms with Crippen LogP contribution in [0.15, 0.2) is 0 Å². The van der Waals surface area contributed by atoms with E-state index in [9.17, 15) is 0 Å². The Labute approximate surface area is 179 Å². The second kappa shape index (κ2) is 14.0. The zero-order valence-corrected chi connectivity index (χ0v) is 21.6. The van der Waals surface area contributed by atoms with Crippen LogP contribution < -0.4 is 0 Å². The van der Waals surface area contributed by atoms with Crippen LogP contribution >= 0.6 is 0 Å². The molecule has 0 aliphatic heterocycles. The summed E-state index contributed by atoms with van der Waals surface area (Å²) in [6, 6.07) is 2.95. The van der Waals surface area contributed by atoms with Crippen molar-refractivity contribution in [2.24, 2.45) is 0 Å². The van der Waals surface area contributed by atoms with E-state index in [-0.39, 0.29) is 5.54 Å². The van der Waals surface area contributed by atoms with Crippen molar-refractivity contribution < 1.29 is 0 Å². The van der Waals surface area contributed by atoms with Crippen molar-refractivity contribution in [1.29, 1.82) is 0 Å². The number of nitrogens with zero attached hydrogens (tertiary/aromatic N) is 2. The van der Waals surface area contributed by atoms with Crippen molar-refractivity contribution in [3.05, 3.63) is 0 Å². The first-order valence-corrected chi connectivity index (χ1v) is 12.7. The smallest absolute Gasteiger partial charge is 0.0365 e. The predicted molar refractivity (Wildman–Crippen MR) is 129 cm³/mol.